The smallest absolute Gasteiger partial charge is 0.300 e. The Labute approximate surface area is 170 Å². The van der Waals surface area contributed by atoms with Gasteiger partial charge in [0.1, 0.15) is 0 Å². The standard InChI is InChI=1S/C21H46N2.C2H4O2/c1-3-5-6-7-8-9-10-11-12-13-14-15-16-17-18-19-21-23(22)20-4-2;1-2(3)4/h3-22H2,1-2H3;1H3,(H,3,4). The Hall–Kier alpha value is -0.610. The summed E-state index contributed by atoms with van der Waals surface area (Å²) in [7, 11) is 0. The summed E-state index contributed by atoms with van der Waals surface area (Å²) in [6, 6.07) is 0. The minimum Gasteiger partial charge on any atom is -0.481 e. The van der Waals surface area contributed by atoms with E-state index in [9.17, 15) is 0 Å². The molecule has 0 rings (SSSR count). The van der Waals surface area contributed by atoms with E-state index >= 15 is 0 Å². The number of rotatable bonds is 19. The lowest BCUT2D eigenvalue weighted by Crippen LogP contribution is -2.32. The van der Waals surface area contributed by atoms with Gasteiger partial charge < -0.3 is 5.11 Å². The van der Waals surface area contributed by atoms with Crippen molar-refractivity contribution in [2.45, 2.75) is 130 Å². The van der Waals surface area contributed by atoms with Crippen molar-refractivity contribution in [2.24, 2.45) is 5.84 Å². The quantitative estimate of drug-likeness (QED) is 0.143. The Bertz CT molecular complexity index is 282. The fourth-order valence-electron chi connectivity index (χ4n) is 3.26. The summed E-state index contributed by atoms with van der Waals surface area (Å²) in [5, 5.41) is 9.39. The predicted molar refractivity (Wildman–Crippen MR) is 119 cm³/mol. The highest BCUT2D eigenvalue weighted by atomic mass is 16.4. The lowest BCUT2D eigenvalue weighted by atomic mass is 10.0. The fourth-order valence-corrected chi connectivity index (χ4v) is 3.26. The van der Waals surface area contributed by atoms with Crippen LogP contribution in [0.5, 0.6) is 0 Å². The van der Waals surface area contributed by atoms with Crippen LogP contribution in [0.1, 0.15) is 130 Å². The van der Waals surface area contributed by atoms with Crippen molar-refractivity contribution in [3.63, 3.8) is 0 Å². The van der Waals surface area contributed by atoms with E-state index in [4.69, 9.17) is 15.7 Å². The van der Waals surface area contributed by atoms with Crippen LogP contribution in [0, 0.1) is 0 Å². The van der Waals surface area contributed by atoms with Crippen molar-refractivity contribution < 1.29 is 9.90 Å². The average Bonchev–Trinajstić information content (AvgIpc) is 2.61. The molecule has 0 aliphatic heterocycles. The van der Waals surface area contributed by atoms with Crippen LogP contribution in [0.3, 0.4) is 0 Å². The molecule has 0 unspecified atom stereocenters. The van der Waals surface area contributed by atoms with E-state index in [-0.39, 0.29) is 0 Å². The maximum atomic E-state index is 9.00. The molecule has 0 atom stereocenters. The number of nitrogens with two attached hydrogens (primary N) is 1. The number of hydrazine groups is 1. The van der Waals surface area contributed by atoms with Gasteiger partial charge in [-0.2, -0.15) is 0 Å². The topological polar surface area (TPSA) is 66.6 Å². The highest BCUT2D eigenvalue weighted by molar-refractivity contribution is 5.62. The lowest BCUT2D eigenvalue weighted by molar-refractivity contribution is -0.134. The number of hydrogen-bond donors (Lipinski definition) is 2. The first kappa shape index (κ1) is 28.6. The number of carboxylic acids is 1. The summed E-state index contributed by atoms with van der Waals surface area (Å²) in [6.07, 6.45) is 24.0. The Morgan fingerprint density at radius 2 is 0.926 bits per heavy atom. The zero-order valence-electron chi connectivity index (χ0n) is 18.8. The van der Waals surface area contributed by atoms with E-state index in [1.165, 1.54) is 103 Å². The van der Waals surface area contributed by atoms with Crippen LogP contribution in [-0.2, 0) is 4.79 Å². The Morgan fingerprint density at radius 1 is 0.630 bits per heavy atom. The molecule has 0 aliphatic carbocycles. The summed E-state index contributed by atoms with van der Waals surface area (Å²) in [5.41, 5.74) is 0. The van der Waals surface area contributed by atoms with Gasteiger partial charge in [0.2, 0.25) is 0 Å². The summed E-state index contributed by atoms with van der Waals surface area (Å²) < 4.78 is 0. The van der Waals surface area contributed by atoms with Gasteiger partial charge in [0.25, 0.3) is 5.97 Å². The second-order valence-corrected chi connectivity index (χ2v) is 7.86. The van der Waals surface area contributed by atoms with Crippen LogP contribution in [0.15, 0.2) is 0 Å². The van der Waals surface area contributed by atoms with Crippen molar-refractivity contribution >= 4 is 5.97 Å². The third kappa shape index (κ3) is 33.4. The summed E-state index contributed by atoms with van der Waals surface area (Å²) in [5.74, 6) is 5.04. The van der Waals surface area contributed by atoms with E-state index in [0.29, 0.717) is 0 Å². The molecule has 0 aromatic rings. The second-order valence-electron chi connectivity index (χ2n) is 7.86. The van der Waals surface area contributed by atoms with E-state index in [0.717, 1.165) is 26.4 Å². The van der Waals surface area contributed by atoms with Crippen LogP contribution in [-0.4, -0.2) is 29.2 Å². The molecule has 0 radical (unpaired) electrons. The summed E-state index contributed by atoms with van der Waals surface area (Å²) in [4.78, 5) is 9.00. The zero-order chi connectivity index (χ0) is 20.6. The second kappa shape index (κ2) is 25.4. The van der Waals surface area contributed by atoms with Gasteiger partial charge in [-0.1, -0.05) is 110 Å². The first-order valence-corrected chi connectivity index (χ1v) is 11.7. The van der Waals surface area contributed by atoms with E-state index in [1.54, 1.807) is 0 Å². The van der Waals surface area contributed by atoms with Crippen LogP contribution in [0.25, 0.3) is 0 Å². The molecule has 0 amide bonds. The van der Waals surface area contributed by atoms with Gasteiger partial charge in [-0.15, -0.1) is 0 Å². The molecular weight excluding hydrogens is 336 g/mol. The minimum atomic E-state index is -0.833. The summed E-state index contributed by atoms with van der Waals surface area (Å²) >= 11 is 0. The van der Waals surface area contributed by atoms with E-state index in [2.05, 4.69) is 13.8 Å². The molecule has 0 bridgehead atoms. The minimum absolute atomic E-state index is 0.833. The molecule has 164 valence electrons. The molecule has 3 N–H and O–H groups in total. The van der Waals surface area contributed by atoms with E-state index < -0.39 is 5.97 Å². The largest absolute Gasteiger partial charge is 0.481 e. The molecular formula is C23H50N2O2. The van der Waals surface area contributed by atoms with Gasteiger partial charge in [-0.05, 0) is 12.8 Å². The monoisotopic (exact) mass is 386 g/mol. The number of unbranched alkanes of at least 4 members (excludes halogenated alkanes) is 15. The van der Waals surface area contributed by atoms with Crippen LogP contribution >= 0.6 is 0 Å². The number of carboxylic acid groups (broad SMARTS) is 1. The van der Waals surface area contributed by atoms with Gasteiger partial charge in [-0.3, -0.25) is 10.6 Å². The number of carbonyl (C=O) groups is 1. The number of nitrogens with zero attached hydrogens (tertiary/aromatic N) is 1. The van der Waals surface area contributed by atoms with Crippen molar-refractivity contribution in [1.82, 2.24) is 5.01 Å². The Morgan fingerprint density at radius 3 is 1.22 bits per heavy atom. The third-order valence-electron chi connectivity index (χ3n) is 4.81. The van der Waals surface area contributed by atoms with Crippen molar-refractivity contribution in [1.29, 1.82) is 0 Å². The van der Waals surface area contributed by atoms with Crippen LogP contribution in [0.4, 0.5) is 0 Å². The summed E-state index contributed by atoms with van der Waals surface area (Å²) in [6.45, 7) is 7.68. The van der Waals surface area contributed by atoms with Gasteiger partial charge in [0, 0.05) is 20.0 Å². The molecule has 0 aromatic heterocycles. The van der Waals surface area contributed by atoms with E-state index in [1.807, 2.05) is 5.01 Å². The molecule has 27 heavy (non-hydrogen) atoms. The Balaban J connectivity index is 0. The normalized spacial score (nSPS) is 10.7. The predicted octanol–water partition coefficient (Wildman–Crippen LogP) is 6.92. The maximum absolute atomic E-state index is 9.00. The average molecular weight is 387 g/mol. The third-order valence-corrected chi connectivity index (χ3v) is 4.81. The van der Waals surface area contributed by atoms with Crippen molar-refractivity contribution in [2.75, 3.05) is 13.1 Å². The van der Waals surface area contributed by atoms with Crippen molar-refractivity contribution in [3.8, 4) is 0 Å². The first-order chi connectivity index (χ1) is 13.0. The van der Waals surface area contributed by atoms with Crippen LogP contribution < -0.4 is 5.84 Å². The highest BCUT2D eigenvalue weighted by Crippen LogP contribution is 2.13. The molecule has 0 heterocycles. The SMILES string of the molecule is CC(=O)O.CCCCCCCCCCCCCCCCCCN(N)CCC. The van der Waals surface area contributed by atoms with Crippen LogP contribution in [0.2, 0.25) is 0 Å². The first-order valence-electron chi connectivity index (χ1n) is 11.7. The molecule has 0 saturated carbocycles. The van der Waals surface area contributed by atoms with Gasteiger partial charge in [0.05, 0.1) is 0 Å². The zero-order valence-corrected chi connectivity index (χ0v) is 18.8. The molecule has 0 aromatic carbocycles. The van der Waals surface area contributed by atoms with Crippen molar-refractivity contribution in [3.05, 3.63) is 0 Å². The molecule has 4 heteroatoms. The fraction of sp³-hybridized carbons (Fsp3) is 0.957. The van der Waals surface area contributed by atoms with Gasteiger partial charge >= 0.3 is 0 Å². The lowest BCUT2D eigenvalue weighted by Gasteiger charge is -2.14. The molecule has 0 fully saturated rings. The number of hydrogen-bond acceptors (Lipinski definition) is 3. The molecule has 0 spiro atoms. The number of aliphatic carboxylic acids is 1. The molecule has 0 saturated heterocycles. The van der Waals surface area contributed by atoms with Gasteiger partial charge in [0.15, 0.2) is 0 Å². The van der Waals surface area contributed by atoms with Gasteiger partial charge in [-0.25, -0.2) is 5.01 Å². The Kier molecular flexibility index (Phi) is 26.9. The molecule has 4 nitrogen and oxygen atoms in total. The maximum Gasteiger partial charge on any atom is 0.300 e. The highest BCUT2D eigenvalue weighted by Gasteiger charge is 1.97. The molecule has 0 aliphatic rings.